The van der Waals surface area contributed by atoms with E-state index in [1.807, 2.05) is 0 Å². The molecule has 0 aliphatic carbocycles. The fraction of sp³-hybridized carbons (Fsp3) is 0.600. The average Bonchev–Trinajstić information content (AvgIpc) is 2.82. The minimum absolute atomic E-state index is 0.0185. The van der Waals surface area contributed by atoms with E-state index >= 15 is 0 Å². The van der Waals surface area contributed by atoms with Crippen molar-refractivity contribution >= 4 is 5.78 Å². The fourth-order valence-corrected chi connectivity index (χ4v) is 3.07. The molecule has 22 heavy (non-hydrogen) atoms. The predicted molar refractivity (Wildman–Crippen MR) is 70.7 cm³/mol. The quantitative estimate of drug-likeness (QED) is 0.801. The van der Waals surface area contributed by atoms with E-state index in [0.717, 1.165) is 12.8 Å². The first kappa shape index (κ1) is 15.3. The van der Waals surface area contributed by atoms with Gasteiger partial charge in [-0.15, -0.1) is 0 Å². The van der Waals surface area contributed by atoms with Crippen molar-refractivity contribution in [3.63, 3.8) is 0 Å². The van der Waals surface area contributed by atoms with E-state index in [2.05, 4.69) is 9.72 Å². The highest BCUT2D eigenvalue weighted by Crippen LogP contribution is 2.37. The lowest BCUT2D eigenvalue weighted by Crippen LogP contribution is -2.30. The van der Waals surface area contributed by atoms with Crippen molar-refractivity contribution in [2.45, 2.75) is 44.1 Å². The molecule has 0 spiro atoms. The summed E-state index contributed by atoms with van der Waals surface area (Å²) in [6.45, 7) is -1.39. The van der Waals surface area contributed by atoms with Crippen molar-refractivity contribution < 1.29 is 27.4 Å². The largest absolute Gasteiger partial charge is 0.468 e. The summed E-state index contributed by atoms with van der Waals surface area (Å²) in [5, 5.41) is 0. The number of hydrogen-bond donors (Lipinski definition) is 0. The van der Waals surface area contributed by atoms with Gasteiger partial charge in [-0.25, -0.2) is 4.98 Å². The van der Waals surface area contributed by atoms with Crippen LogP contribution in [0.15, 0.2) is 18.3 Å². The summed E-state index contributed by atoms with van der Waals surface area (Å²) < 4.78 is 46.4. The molecule has 0 aromatic carbocycles. The molecule has 2 fully saturated rings. The van der Waals surface area contributed by atoms with Gasteiger partial charge in [0.2, 0.25) is 5.88 Å². The number of rotatable bonds is 4. The fourth-order valence-electron chi connectivity index (χ4n) is 3.07. The number of halogens is 3. The number of hydrogen-bond acceptors (Lipinski definition) is 4. The first-order valence-electron chi connectivity index (χ1n) is 7.26. The lowest BCUT2D eigenvalue weighted by molar-refractivity contribution is -0.154. The van der Waals surface area contributed by atoms with E-state index in [-0.39, 0.29) is 29.8 Å². The lowest BCUT2D eigenvalue weighted by Gasteiger charge is -2.27. The highest BCUT2D eigenvalue weighted by atomic mass is 19.4. The number of fused-ring (bicyclic) bond motifs is 2. The number of ether oxygens (including phenoxy) is 2. The summed E-state index contributed by atoms with van der Waals surface area (Å²) in [6.07, 6.45) is 0.616. The molecular weight excluding hydrogens is 299 g/mol. The van der Waals surface area contributed by atoms with Crippen molar-refractivity contribution in [1.82, 2.24) is 4.98 Å². The molecule has 3 rings (SSSR count). The number of nitrogens with zero attached hydrogens (tertiary/aromatic N) is 1. The van der Waals surface area contributed by atoms with Gasteiger partial charge in [0.05, 0.1) is 12.2 Å². The average molecular weight is 315 g/mol. The smallest absolute Gasteiger partial charge is 0.422 e. The zero-order chi connectivity index (χ0) is 15.7. The van der Waals surface area contributed by atoms with Crippen LogP contribution in [0.2, 0.25) is 0 Å². The Hall–Kier alpha value is -1.63. The molecule has 1 aromatic heterocycles. The number of alkyl halides is 3. The molecular formula is C15H16F3NO3. The van der Waals surface area contributed by atoms with Gasteiger partial charge >= 0.3 is 6.18 Å². The van der Waals surface area contributed by atoms with Crippen LogP contribution in [0.1, 0.15) is 36.0 Å². The second-order valence-electron chi connectivity index (χ2n) is 5.78. The van der Waals surface area contributed by atoms with Gasteiger partial charge in [-0.3, -0.25) is 4.79 Å². The van der Waals surface area contributed by atoms with Crippen LogP contribution in [0.3, 0.4) is 0 Å². The molecule has 2 saturated heterocycles. The molecule has 2 bridgehead atoms. The first-order chi connectivity index (χ1) is 10.4. The van der Waals surface area contributed by atoms with Crippen molar-refractivity contribution in [1.29, 1.82) is 0 Å². The molecule has 0 radical (unpaired) electrons. The third kappa shape index (κ3) is 3.58. The Labute approximate surface area is 125 Å². The van der Waals surface area contributed by atoms with Crippen LogP contribution in [-0.4, -0.2) is 35.8 Å². The maximum atomic E-state index is 12.4. The Kier molecular flexibility index (Phi) is 4.08. The molecule has 2 aliphatic rings. The second kappa shape index (κ2) is 5.87. The van der Waals surface area contributed by atoms with Gasteiger partial charge in [0, 0.05) is 23.7 Å². The Balaban J connectivity index is 1.61. The maximum Gasteiger partial charge on any atom is 0.422 e. The number of aromatic nitrogens is 1. The van der Waals surface area contributed by atoms with E-state index < -0.39 is 12.8 Å². The molecule has 2 aliphatic heterocycles. The molecule has 120 valence electrons. The second-order valence-corrected chi connectivity index (χ2v) is 5.78. The molecule has 3 heterocycles. The van der Waals surface area contributed by atoms with Crippen molar-refractivity contribution in [3.8, 4) is 5.88 Å². The van der Waals surface area contributed by atoms with Gasteiger partial charge in [-0.2, -0.15) is 13.2 Å². The van der Waals surface area contributed by atoms with Gasteiger partial charge < -0.3 is 9.47 Å². The van der Waals surface area contributed by atoms with E-state index in [9.17, 15) is 18.0 Å². The Bertz CT molecular complexity index is 532. The van der Waals surface area contributed by atoms with Crippen molar-refractivity contribution in [2.75, 3.05) is 6.61 Å². The Morgan fingerprint density at radius 1 is 1.27 bits per heavy atom. The van der Waals surface area contributed by atoms with Crippen LogP contribution in [0.25, 0.3) is 0 Å². The molecule has 1 aromatic rings. The summed E-state index contributed by atoms with van der Waals surface area (Å²) in [4.78, 5) is 16.2. The maximum absolute atomic E-state index is 12.4. The van der Waals surface area contributed by atoms with Crippen molar-refractivity contribution in [2.24, 2.45) is 5.92 Å². The molecule has 0 amide bonds. The van der Waals surface area contributed by atoms with Crippen LogP contribution in [-0.2, 0) is 4.74 Å². The van der Waals surface area contributed by atoms with Crippen LogP contribution in [0.4, 0.5) is 13.2 Å². The summed E-state index contributed by atoms with van der Waals surface area (Å²) >= 11 is 0. The van der Waals surface area contributed by atoms with E-state index in [0.29, 0.717) is 18.4 Å². The monoisotopic (exact) mass is 315 g/mol. The third-order valence-corrected chi connectivity index (χ3v) is 4.07. The van der Waals surface area contributed by atoms with Crippen LogP contribution in [0.5, 0.6) is 5.88 Å². The number of ketones is 1. The SMILES string of the molecule is O=C(c1ccc(OCC(F)(F)F)nc1)C1CC2CCC(C1)O2. The Morgan fingerprint density at radius 2 is 1.95 bits per heavy atom. The topological polar surface area (TPSA) is 48.4 Å². The number of pyridine rings is 1. The van der Waals surface area contributed by atoms with E-state index in [1.165, 1.54) is 18.3 Å². The summed E-state index contributed by atoms with van der Waals surface area (Å²) in [5.74, 6) is -0.244. The molecule has 2 atom stereocenters. The molecule has 4 nitrogen and oxygen atoms in total. The van der Waals surface area contributed by atoms with Gasteiger partial charge in [0.1, 0.15) is 0 Å². The molecule has 0 saturated carbocycles. The van der Waals surface area contributed by atoms with Crippen LogP contribution < -0.4 is 4.74 Å². The highest BCUT2D eigenvalue weighted by molar-refractivity contribution is 5.97. The highest BCUT2D eigenvalue weighted by Gasteiger charge is 2.38. The zero-order valence-corrected chi connectivity index (χ0v) is 11.8. The normalized spacial score (nSPS) is 27.7. The number of carbonyl (C=O) groups is 1. The summed E-state index contributed by atoms with van der Waals surface area (Å²) in [7, 11) is 0. The van der Waals surface area contributed by atoms with E-state index in [1.54, 1.807) is 0 Å². The van der Waals surface area contributed by atoms with Crippen LogP contribution >= 0.6 is 0 Å². The standard InChI is InChI=1S/C15H16F3NO3/c16-15(17,18)8-21-13-4-1-9(7-19-13)14(20)10-5-11-2-3-12(6-10)22-11/h1,4,7,10-12H,2-3,5-6,8H2. The number of carbonyl (C=O) groups excluding carboxylic acids is 1. The third-order valence-electron chi connectivity index (χ3n) is 4.07. The summed E-state index contributed by atoms with van der Waals surface area (Å²) in [6, 6.07) is 2.77. The minimum atomic E-state index is -4.41. The van der Waals surface area contributed by atoms with Gasteiger partial charge in [0.25, 0.3) is 0 Å². The molecule has 2 unspecified atom stereocenters. The lowest BCUT2D eigenvalue weighted by atomic mass is 9.88. The first-order valence-corrected chi connectivity index (χ1v) is 7.26. The van der Waals surface area contributed by atoms with E-state index in [4.69, 9.17) is 4.74 Å². The van der Waals surface area contributed by atoms with Gasteiger partial charge in [-0.1, -0.05) is 0 Å². The van der Waals surface area contributed by atoms with Crippen LogP contribution in [0, 0.1) is 5.92 Å². The predicted octanol–water partition coefficient (Wildman–Crippen LogP) is 3.16. The summed E-state index contributed by atoms with van der Waals surface area (Å²) in [5.41, 5.74) is 0.408. The molecule has 7 heteroatoms. The molecule has 0 N–H and O–H groups in total. The van der Waals surface area contributed by atoms with Crippen molar-refractivity contribution in [3.05, 3.63) is 23.9 Å². The zero-order valence-electron chi connectivity index (χ0n) is 11.8. The Morgan fingerprint density at radius 3 is 2.50 bits per heavy atom. The minimum Gasteiger partial charge on any atom is -0.468 e. The number of Topliss-reactive ketones (excluding diaryl/α,β-unsaturated/α-hetero) is 1. The van der Waals surface area contributed by atoms with Gasteiger partial charge in [0.15, 0.2) is 12.4 Å². The van der Waals surface area contributed by atoms with Gasteiger partial charge in [-0.05, 0) is 31.7 Å².